The maximum absolute atomic E-state index is 13.6. The van der Waals surface area contributed by atoms with Crippen molar-refractivity contribution < 1.29 is 14.3 Å². The Kier molecular flexibility index (Phi) is 6.12. The number of carbonyl (C=O) groups excluding carboxylic acids is 1. The summed E-state index contributed by atoms with van der Waals surface area (Å²) in [6, 6.07) is 15.3. The Hall–Kier alpha value is -4.14. The second kappa shape index (κ2) is 9.15. The quantitative estimate of drug-likeness (QED) is 0.403. The molecule has 4 aromatic rings. The second-order valence-corrected chi connectivity index (χ2v) is 7.45. The number of imidazole rings is 1. The van der Waals surface area contributed by atoms with Crippen LogP contribution in [0.3, 0.4) is 0 Å². The van der Waals surface area contributed by atoms with Crippen molar-refractivity contribution in [3.63, 3.8) is 0 Å². The first kappa shape index (κ1) is 22.1. The molecule has 1 atom stereocenters. The van der Waals surface area contributed by atoms with Crippen molar-refractivity contribution in [2.75, 3.05) is 13.7 Å². The second-order valence-electron chi connectivity index (χ2n) is 7.45. The van der Waals surface area contributed by atoms with Gasteiger partial charge >= 0.3 is 11.7 Å². The highest BCUT2D eigenvalue weighted by atomic mass is 16.5. The smallest absolute Gasteiger partial charge is 0.337 e. The van der Waals surface area contributed by atoms with E-state index >= 15 is 0 Å². The van der Waals surface area contributed by atoms with Crippen molar-refractivity contribution >= 4 is 17.1 Å². The van der Waals surface area contributed by atoms with Crippen molar-refractivity contribution in [3.05, 3.63) is 87.3 Å². The Bertz CT molecular complexity index is 1420. The third-order valence-electron chi connectivity index (χ3n) is 5.40. The van der Waals surface area contributed by atoms with E-state index in [4.69, 9.17) is 9.47 Å². The molecule has 0 spiro atoms. The molecule has 2 aromatic carbocycles. The zero-order valence-corrected chi connectivity index (χ0v) is 18.6. The zero-order chi connectivity index (χ0) is 23.5. The topological polar surface area (TPSA) is 97.4 Å². The molecule has 0 bridgehead atoms. The van der Waals surface area contributed by atoms with Gasteiger partial charge in [0.1, 0.15) is 11.8 Å². The highest BCUT2D eigenvalue weighted by molar-refractivity contribution is 5.79. The number of nitrogens with zero attached hydrogens (tertiary/aromatic N) is 4. The van der Waals surface area contributed by atoms with Crippen molar-refractivity contribution in [2.24, 2.45) is 0 Å². The first-order valence-electron chi connectivity index (χ1n) is 10.5. The molecule has 0 aliphatic heterocycles. The largest absolute Gasteiger partial charge is 0.497 e. The zero-order valence-electron chi connectivity index (χ0n) is 18.6. The number of esters is 1. The van der Waals surface area contributed by atoms with Gasteiger partial charge in [-0.15, -0.1) is 0 Å². The first-order chi connectivity index (χ1) is 16.0. The van der Waals surface area contributed by atoms with Crippen LogP contribution in [-0.4, -0.2) is 38.4 Å². The molecule has 0 amide bonds. The number of fused-ring (bicyclic) bond motifs is 1. The molecular weight excluding hydrogens is 424 g/mol. The number of aromatic nitrogens is 4. The van der Waals surface area contributed by atoms with Crippen molar-refractivity contribution in [1.29, 1.82) is 0 Å². The number of carbonyl (C=O) groups is 1. The van der Waals surface area contributed by atoms with E-state index in [1.807, 2.05) is 30.3 Å². The summed E-state index contributed by atoms with van der Waals surface area (Å²) in [7, 11) is 1.53. The molecule has 0 saturated heterocycles. The third-order valence-corrected chi connectivity index (χ3v) is 5.40. The van der Waals surface area contributed by atoms with Crippen LogP contribution in [-0.2, 0) is 16.1 Å². The van der Waals surface area contributed by atoms with Gasteiger partial charge in [-0.05, 0) is 31.5 Å². The Labute approximate surface area is 189 Å². The summed E-state index contributed by atoms with van der Waals surface area (Å²) < 4.78 is 14.4. The minimum absolute atomic E-state index is 0.0668. The van der Waals surface area contributed by atoms with Gasteiger partial charge in [-0.2, -0.15) is 0 Å². The van der Waals surface area contributed by atoms with E-state index in [-0.39, 0.29) is 24.3 Å². The van der Waals surface area contributed by atoms with E-state index in [9.17, 15) is 14.4 Å². The van der Waals surface area contributed by atoms with E-state index in [0.29, 0.717) is 11.4 Å². The fraction of sp³-hybridized carbons (Fsp3) is 0.250. The predicted octanol–water partition coefficient (Wildman–Crippen LogP) is 2.53. The van der Waals surface area contributed by atoms with Crippen molar-refractivity contribution in [1.82, 2.24) is 18.7 Å². The molecule has 170 valence electrons. The molecule has 0 saturated carbocycles. The molecule has 0 aliphatic rings. The van der Waals surface area contributed by atoms with Crippen LogP contribution in [0.1, 0.15) is 25.5 Å². The number of hydrogen-bond donors (Lipinski definition) is 0. The summed E-state index contributed by atoms with van der Waals surface area (Å²) in [4.78, 5) is 43.9. The van der Waals surface area contributed by atoms with E-state index in [1.165, 1.54) is 22.6 Å². The molecule has 0 unspecified atom stereocenters. The normalized spacial score (nSPS) is 12.0. The minimum Gasteiger partial charge on any atom is -0.497 e. The third kappa shape index (κ3) is 4.05. The van der Waals surface area contributed by atoms with Gasteiger partial charge in [0, 0.05) is 6.07 Å². The number of rotatable bonds is 7. The van der Waals surface area contributed by atoms with E-state index in [0.717, 1.165) is 10.1 Å². The maximum Gasteiger partial charge on any atom is 0.337 e. The summed E-state index contributed by atoms with van der Waals surface area (Å²) in [6.45, 7) is 3.62. The number of benzene rings is 2. The van der Waals surface area contributed by atoms with Gasteiger partial charge in [-0.3, -0.25) is 9.36 Å². The molecule has 0 aliphatic carbocycles. The Morgan fingerprint density at radius 3 is 2.55 bits per heavy atom. The van der Waals surface area contributed by atoms with Gasteiger partial charge in [0.15, 0.2) is 11.2 Å². The molecule has 33 heavy (non-hydrogen) atoms. The van der Waals surface area contributed by atoms with Gasteiger partial charge < -0.3 is 14.0 Å². The molecule has 4 rings (SSSR count). The maximum atomic E-state index is 13.6. The monoisotopic (exact) mass is 448 g/mol. The van der Waals surface area contributed by atoms with Crippen molar-refractivity contribution in [2.45, 2.75) is 26.4 Å². The first-order valence-corrected chi connectivity index (χ1v) is 10.5. The van der Waals surface area contributed by atoms with Crippen LogP contribution in [0.25, 0.3) is 16.9 Å². The average molecular weight is 448 g/mol. The molecular formula is C24H24N4O5. The summed E-state index contributed by atoms with van der Waals surface area (Å²) in [5.41, 5.74) is 0.482. The SMILES string of the molecule is CCOC(=O)[C@@H](C)n1cnc2c1c(=O)n(Cc1ccccc1)c(=O)n2-c1cccc(OC)c1. The van der Waals surface area contributed by atoms with Gasteiger partial charge in [-0.25, -0.2) is 19.1 Å². The van der Waals surface area contributed by atoms with Crippen LogP contribution in [0, 0.1) is 0 Å². The summed E-state index contributed by atoms with van der Waals surface area (Å²) in [6.07, 6.45) is 1.39. The van der Waals surface area contributed by atoms with Crippen LogP contribution < -0.4 is 16.0 Å². The van der Waals surface area contributed by atoms with Gasteiger partial charge in [0.25, 0.3) is 5.56 Å². The summed E-state index contributed by atoms with van der Waals surface area (Å²) in [5.74, 6) is 0.0534. The molecule has 0 N–H and O–H groups in total. The molecule has 2 heterocycles. The molecule has 0 fully saturated rings. The lowest BCUT2D eigenvalue weighted by Crippen LogP contribution is -2.40. The van der Waals surface area contributed by atoms with E-state index < -0.39 is 23.3 Å². The lowest BCUT2D eigenvalue weighted by atomic mass is 10.2. The van der Waals surface area contributed by atoms with Crippen LogP contribution in [0.4, 0.5) is 0 Å². The molecule has 0 radical (unpaired) electrons. The van der Waals surface area contributed by atoms with Crippen LogP contribution in [0.15, 0.2) is 70.5 Å². The van der Waals surface area contributed by atoms with Crippen LogP contribution in [0.5, 0.6) is 5.75 Å². The highest BCUT2D eigenvalue weighted by Crippen LogP contribution is 2.20. The van der Waals surface area contributed by atoms with Crippen molar-refractivity contribution in [3.8, 4) is 11.4 Å². The van der Waals surface area contributed by atoms with Crippen LogP contribution >= 0.6 is 0 Å². The number of methoxy groups -OCH3 is 1. The molecule has 9 nitrogen and oxygen atoms in total. The number of ether oxygens (including phenoxy) is 2. The fourth-order valence-electron chi connectivity index (χ4n) is 3.70. The lowest BCUT2D eigenvalue weighted by Gasteiger charge is -2.15. The lowest BCUT2D eigenvalue weighted by molar-refractivity contribution is -0.146. The summed E-state index contributed by atoms with van der Waals surface area (Å²) >= 11 is 0. The van der Waals surface area contributed by atoms with Gasteiger partial charge in [-0.1, -0.05) is 36.4 Å². The summed E-state index contributed by atoms with van der Waals surface area (Å²) in [5, 5.41) is 0. The Balaban J connectivity index is 2.02. The predicted molar refractivity (Wildman–Crippen MR) is 123 cm³/mol. The van der Waals surface area contributed by atoms with Gasteiger partial charge in [0.05, 0.1) is 32.3 Å². The average Bonchev–Trinajstić information content (AvgIpc) is 3.27. The number of hydrogen-bond acceptors (Lipinski definition) is 6. The fourth-order valence-corrected chi connectivity index (χ4v) is 3.70. The molecule has 2 aromatic heterocycles. The molecule has 9 heteroatoms. The van der Waals surface area contributed by atoms with Gasteiger partial charge in [0.2, 0.25) is 0 Å². The standard InChI is InChI=1S/C24H24N4O5/c1-4-33-23(30)16(2)27-15-25-21-20(27)22(29)26(14-17-9-6-5-7-10-17)24(31)28(21)18-11-8-12-19(13-18)32-3/h5-13,15-16H,4,14H2,1-3H3/t16-/m1/s1. The van der Waals surface area contributed by atoms with E-state index in [1.54, 1.807) is 38.1 Å². The highest BCUT2D eigenvalue weighted by Gasteiger charge is 2.25. The van der Waals surface area contributed by atoms with Crippen LogP contribution in [0.2, 0.25) is 0 Å². The Morgan fingerprint density at radius 2 is 1.85 bits per heavy atom. The Morgan fingerprint density at radius 1 is 1.09 bits per heavy atom. The van der Waals surface area contributed by atoms with E-state index in [2.05, 4.69) is 4.98 Å². The minimum atomic E-state index is -0.802.